The van der Waals surface area contributed by atoms with E-state index in [4.69, 9.17) is 0 Å². The molecule has 1 aromatic heterocycles. The molecule has 0 fully saturated rings. The van der Waals surface area contributed by atoms with Crippen molar-refractivity contribution in [3.8, 4) is 0 Å². The molecule has 16 heavy (non-hydrogen) atoms. The van der Waals surface area contributed by atoms with E-state index in [2.05, 4.69) is 5.10 Å². The second-order valence-electron chi connectivity index (χ2n) is 3.89. The molecule has 1 aromatic rings. The Hall–Kier alpha value is -1.00. The summed E-state index contributed by atoms with van der Waals surface area (Å²) < 4.78 is 37.3. The minimum absolute atomic E-state index is 0.214. The van der Waals surface area contributed by atoms with Gasteiger partial charge in [0.05, 0.1) is 6.20 Å². The van der Waals surface area contributed by atoms with E-state index in [0.717, 1.165) is 18.4 Å². The fourth-order valence-corrected chi connectivity index (χ4v) is 1.49. The lowest BCUT2D eigenvalue weighted by atomic mass is 10.2. The summed E-state index contributed by atoms with van der Waals surface area (Å²) in [6.45, 7) is 2.75. The van der Waals surface area contributed by atoms with Gasteiger partial charge in [-0.25, -0.2) is 0 Å². The van der Waals surface area contributed by atoms with Crippen LogP contribution in [0.3, 0.4) is 0 Å². The van der Waals surface area contributed by atoms with Gasteiger partial charge in [0.15, 0.2) is 0 Å². The van der Waals surface area contributed by atoms with Gasteiger partial charge in [0, 0.05) is 19.2 Å². The quantitative estimate of drug-likeness (QED) is 0.688. The molecule has 0 aliphatic heterocycles. The van der Waals surface area contributed by atoms with E-state index in [0.29, 0.717) is 13.0 Å². The van der Waals surface area contributed by atoms with Crippen LogP contribution < -0.4 is 0 Å². The van der Waals surface area contributed by atoms with E-state index in [-0.39, 0.29) is 6.42 Å². The second-order valence-corrected chi connectivity index (χ2v) is 3.89. The Labute approximate surface area is 93.5 Å². The standard InChI is InChI=1S/C11H17F3N2/c1-2-10-8-15-16(9-10)7-5-3-4-6-11(12,13)14/h8-9H,2-7H2,1H3. The number of halogens is 3. The highest BCUT2D eigenvalue weighted by Crippen LogP contribution is 2.22. The molecule has 0 saturated heterocycles. The molecule has 0 atom stereocenters. The Balaban J connectivity index is 2.11. The molecule has 1 heterocycles. The molecule has 0 N–H and O–H groups in total. The molecule has 0 spiro atoms. The first-order valence-corrected chi connectivity index (χ1v) is 5.59. The Bertz CT molecular complexity index is 304. The molecule has 92 valence electrons. The van der Waals surface area contributed by atoms with Gasteiger partial charge in [-0.15, -0.1) is 0 Å². The first-order valence-electron chi connectivity index (χ1n) is 5.59. The summed E-state index contributed by atoms with van der Waals surface area (Å²) in [6.07, 6.45) is 1.56. The first kappa shape index (κ1) is 13.1. The third kappa shape index (κ3) is 5.19. The molecule has 0 radical (unpaired) electrons. The minimum atomic E-state index is -4.01. The van der Waals surface area contributed by atoms with Crippen LogP contribution in [0.15, 0.2) is 12.4 Å². The molecule has 0 bridgehead atoms. The summed E-state index contributed by atoms with van der Waals surface area (Å²) in [6, 6.07) is 0. The van der Waals surface area contributed by atoms with Crippen LogP contribution in [0.5, 0.6) is 0 Å². The van der Waals surface area contributed by atoms with Crippen LogP contribution in [0.1, 0.15) is 38.2 Å². The fourth-order valence-electron chi connectivity index (χ4n) is 1.49. The number of aromatic nitrogens is 2. The average Bonchev–Trinajstić information content (AvgIpc) is 2.63. The van der Waals surface area contributed by atoms with Crippen molar-refractivity contribution in [3.05, 3.63) is 18.0 Å². The molecule has 1 rings (SSSR count). The van der Waals surface area contributed by atoms with E-state index < -0.39 is 12.6 Å². The van der Waals surface area contributed by atoms with Crippen LogP contribution in [-0.2, 0) is 13.0 Å². The molecule has 0 aromatic carbocycles. The average molecular weight is 234 g/mol. The van der Waals surface area contributed by atoms with Gasteiger partial charge in [-0.3, -0.25) is 4.68 Å². The van der Waals surface area contributed by atoms with Crippen molar-refractivity contribution in [2.75, 3.05) is 0 Å². The Morgan fingerprint density at radius 1 is 1.25 bits per heavy atom. The molecule has 5 heteroatoms. The largest absolute Gasteiger partial charge is 0.389 e. The summed E-state index contributed by atoms with van der Waals surface area (Å²) in [5, 5.41) is 4.13. The van der Waals surface area contributed by atoms with Crippen molar-refractivity contribution in [3.63, 3.8) is 0 Å². The van der Waals surface area contributed by atoms with Crippen LogP contribution in [0.2, 0.25) is 0 Å². The lowest BCUT2D eigenvalue weighted by Gasteiger charge is -2.05. The zero-order valence-electron chi connectivity index (χ0n) is 9.43. The predicted molar refractivity (Wildman–Crippen MR) is 56.1 cm³/mol. The SMILES string of the molecule is CCc1cnn(CCCCCC(F)(F)F)c1. The highest BCUT2D eigenvalue weighted by molar-refractivity contribution is 5.02. The smallest absolute Gasteiger partial charge is 0.272 e. The van der Waals surface area contributed by atoms with Gasteiger partial charge in [0.2, 0.25) is 0 Å². The van der Waals surface area contributed by atoms with Crippen molar-refractivity contribution < 1.29 is 13.2 Å². The second kappa shape index (κ2) is 5.92. The third-order valence-electron chi connectivity index (χ3n) is 2.44. The van der Waals surface area contributed by atoms with Crippen molar-refractivity contribution in [2.24, 2.45) is 0 Å². The zero-order valence-corrected chi connectivity index (χ0v) is 9.43. The minimum Gasteiger partial charge on any atom is -0.272 e. The van der Waals surface area contributed by atoms with Crippen LogP contribution in [0.4, 0.5) is 13.2 Å². The molecule has 0 aliphatic carbocycles. The van der Waals surface area contributed by atoms with Gasteiger partial charge in [0.25, 0.3) is 0 Å². The van der Waals surface area contributed by atoms with Gasteiger partial charge in [-0.2, -0.15) is 18.3 Å². The van der Waals surface area contributed by atoms with Crippen molar-refractivity contribution in [1.82, 2.24) is 9.78 Å². The normalized spacial score (nSPS) is 12.0. The number of unbranched alkanes of at least 4 members (excludes halogenated alkanes) is 2. The number of hydrogen-bond acceptors (Lipinski definition) is 1. The number of aryl methyl sites for hydroxylation is 2. The molecule has 0 amide bonds. The highest BCUT2D eigenvalue weighted by atomic mass is 19.4. The lowest BCUT2D eigenvalue weighted by molar-refractivity contribution is -0.135. The number of alkyl halides is 3. The topological polar surface area (TPSA) is 17.8 Å². The summed E-state index contributed by atoms with van der Waals surface area (Å²) in [5.74, 6) is 0. The molecule has 0 unspecified atom stereocenters. The van der Waals surface area contributed by atoms with E-state index in [1.54, 1.807) is 10.9 Å². The summed E-state index contributed by atoms with van der Waals surface area (Å²) in [5.41, 5.74) is 1.16. The molecule has 0 aliphatic rings. The molecular formula is C11H17F3N2. The van der Waals surface area contributed by atoms with Gasteiger partial charge >= 0.3 is 6.18 Å². The third-order valence-corrected chi connectivity index (χ3v) is 2.44. The van der Waals surface area contributed by atoms with Crippen LogP contribution in [-0.4, -0.2) is 16.0 Å². The monoisotopic (exact) mass is 234 g/mol. The summed E-state index contributed by atoms with van der Waals surface area (Å²) in [4.78, 5) is 0. The lowest BCUT2D eigenvalue weighted by Crippen LogP contribution is -2.06. The Morgan fingerprint density at radius 2 is 2.00 bits per heavy atom. The van der Waals surface area contributed by atoms with Gasteiger partial charge in [-0.1, -0.05) is 13.3 Å². The fraction of sp³-hybridized carbons (Fsp3) is 0.727. The van der Waals surface area contributed by atoms with E-state index in [9.17, 15) is 13.2 Å². The van der Waals surface area contributed by atoms with E-state index in [1.807, 2.05) is 13.1 Å². The van der Waals surface area contributed by atoms with Crippen LogP contribution in [0, 0.1) is 0 Å². The van der Waals surface area contributed by atoms with Crippen LogP contribution in [0.25, 0.3) is 0 Å². The maximum atomic E-state index is 11.8. The maximum absolute atomic E-state index is 11.8. The molecule has 0 saturated carbocycles. The Morgan fingerprint density at radius 3 is 2.56 bits per heavy atom. The molecular weight excluding hydrogens is 217 g/mol. The molecule has 2 nitrogen and oxygen atoms in total. The summed E-state index contributed by atoms with van der Waals surface area (Å²) >= 11 is 0. The van der Waals surface area contributed by atoms with Crippen molar-refractivity contribution in [2.45, 2.75) is 51.7 Å². The van der Waals surface area contributed by atoms with E-state index in [1.165, 1.54) is 0 Å². The highest BCUT2D eigenvalue weighted by Gasteiger charge is 2.25. The summed E-state index contributed by atoms with van der Waals surface area (Å²) in [7, 11) is 0. The number of rotatable bonds is 6. The van der Waals surface area contributed by atoms with Gasteiger partial charge < -0.3 is 0 Å². The zero-order chi connectivity index (χ0) is 12.0. The van der Waals surface area contributed by atoms with Gasteiger partial charge in [0.1, 0.15) is 0 Å². The Kier molecular flexibility index (Phi) is 4.83. The number of hydrogen-bond donors (Lipinski definition) is 0. The van der Waals surface area contributed by atoms with E-state index >= 15 is 0 Å². The maximum Gasteiger partial charge on any atom is 0.389 e. The van der Waals surface area contributed by atoms with Crippen molar-refractivity contribution in [1.29, 1.82) is 0 Å². The number of nitrogens with zero attached hydrogens (tertiary/aromatic N) is 2. The first-order chi connectivity index (χ1) is 7.51. The van der Waals surface area contributed by atoms with Crippen LogP contribution >= 0.6 is 0 Å². The van der Waals surface area contributed by atoms with Crippen molar-refractivity contribution >= 4 is 0 Å². The van der Waals surface area contributed by atoms with Gasteiger partial charge in [-0.05, 0) is 24.8 Å². The predicted octanol–water partition coefficient (Wildman–Crippen LogP) is 3.57.